The number of benzene rings is 1. The Morgan fingerprint density at radius 1 is 1.06 bits per heavy atom. The first-order valence-electron chi connectivity index (χ1n) is 4.35. The minimum Gasteiger partial charge on any atom is -0.424 e. The highest BCUT2D eigenvalue weighted by Crippen LogP contribution is 2.28. The molecule has 0 bridgehead atoms. The number of nitrogens with zero attached hydrogens (tertiary/aromatic N) is 2. The SMILES string of the molecule is Nc1cnc(Oc2ccc(Cl)c(Cl)c2)nc1. The third-order valence-electron chi connectivity index (χ3n) is 1.75. The molecule has 1 aromatic carbocycles. The van der Waals surface area contributed by atoms with E-state index in [1.807, 2.05) is 0 Å². The lowest BCUT2D eigenvalue weighted by Gasteiger charge is -2.04. The summed E-state index contributed by atoms with van der Waals surface area (Å²) in [4.78, 5) is 7.78. The molecule has 2 aromatic rings. The van der Waals surface area contributed by atoms with E-state index in [2.05, 4.69) is 9.97 Å². The maximum atomic E-state index is 5.83. The molecule has 2 rings (SSSR count). The van der Waals surface area contributed by atoms with E-state index in [1.54, 1.807) is 18.2 Å². The van der Waals surface area contributed by atoms with Gasteiger partial charge in [0, 0.05) is 6.07 Å². The van der Waals surface area contributed by atoms with Crippen LogP contribution in [-0.4, -0.2) is 9.97 Å². The molecule has 82 valence electrons. The molecule has 0 radical (unpaired) electrons. The van der Waals surface area contributed by atoms with Crippen LogP contribution in [0.1, 0.15) is 0 Å². The van der Waals surface area contributed by atoms with Crippen molar-refractivity contribution >= 4 is 28.9 Å². The standard InChI is InChI=1S/C10H7Cl2N3O/c11-8-2-1-7(3-9(8)12)16-10-14-4-6(13)5-15-10/h1-5H,13H2. The second kappa shape index (κ2) is 4.55. The van der Waals surface area contributed by atoms with E-state index >= 15 is 0 Å². The molecular formula is C10H7Cl2N3O. The Morgan fingerprint density at radius 2 is 1.75 bits per heavy atom. The third kappa shape index (κ3) is 2.53. The quantitative estimate of drug-likeness (QED) is 0.896. The van der Waals surface area contributed by atoms with Crippen molar-refractivity contribution in [1.82, 2.24) is 9.97 Å². The lowest BCUT2D eigenvalue weighted by molar-refractivity contribution is 0.442. The van der Waals surface area contributed by atoms with E-state index in [0.717, 1.165) is 0 Å². The molecular weight excluding hydrogens is 249 g/mol. The van der Waals surface area contributed by atoms with Gasteiger partial charge in [-0.05, 0) is 12.1 Å². The number of halogens is 2. The molecule has 0 saturated heterocycles. The topological polar surface area (TPSA) is 61.0 Å². The minimum atomic E-state index is 0.201. The van der Waals surface area contributed by atoms with Gasteiger partial charge in [0.25, 0.3) is 0 Å². The first kappa shape index (κ1) is 11.0. The van der Waals surface area contributed by atoms with Gasteiger partial charge in [0.1, 0.15) is 5.75 Å². The molecule has 0 saturated carbocycles. The molecule has 0 aliphatic heterocycles. The van der Waals surface area contributed by atoms with Gasteiger partial charge in [-0.2, -0.15) is 0 Å². The van der Waals surface area contributed by atoms with Gasteiger partial charge in [-0.25, -0.2) is 9.97 Å². The highest BCUT2D eigenvalue weighted by molar-refractivity contribution is 6.42. The van der Waals surface area contributed by atoms with Gasteiger partial charge < -0.3 is 10.5 Å². The summed E-state index contributed by atoms with van der Waals surface area (Å²) in [5, 5.41) is 0.877. The summed E-state index contributed by atoms with van der Waals surface area (Å²) in [5.74, 6) is 0.513. The van der Waals surface area contributed by atoms with Crippen LogP contribution in [-0.2, 0) is 0 Å². The summed E-state index contributed by atoms with van der Waals surface area (Å²) in [6.07, 6.45) is 2.92. The van der Waals surface area contributed by atoms with Crippen LogP contribution < -0.4 is 10.5 Å². The first-order chi connectivity index (χ1) is 7.65. The van der Waals surface area contributed by atoms with Crippen molar-refractivity contribution in [2.75, 3.05) is 5.73 Å². The molecule has 0 unspecified atom stereocenters. The molecule has 2 N–H and O–H groups in total. The van der Waals surface area contributed by atoms with Crippen molar-refractivity contribution in [1.29, 1.82) is 0 Å². The van der Waals surface area contributed by atoms with E-state index in [0.29, 0.717) is 21.5 Å². The molecule has 0 amide bonds. The van der Waals surface area contributed by atoms with Crippen LogP contribution >= 0.6 is 23.2 Å². The van der Waals surface area contributed by atoms with Gasteiger partial charge in [0.15, 0.2) is 0 Å². The fourth-order valence-electron chi connectivity index (χ4n) is 1.02. The lowest BCUT2D eigenvalue weighted by atomic mass is 10.3. The zero-order valence-corrected chi connectivity index (χ0v) is 9.53. The highest BCUT2D eigenvalue weighted by atomic mass is 35.5. The largest absolute Gasteiger partial charge is 0.424 e. The number of anilines is 1. The summed E-state index contributed by atoms with van der Waals surface area (Å²) >= 11 is 11.6. The Morgan fingerprint density at radius 3 is 2.38 bits per heavy atom. The molecule has 4 nitrogen and oxygen atoms in total. The molecule has 0 aliphatic carbocycles. The van der Waals surface area contributed by atoms with Crippen LogP contribution in [0.4, 0.5) is 5.69 Å². The minimum absolute atomic E-state index is 0.201. The zero-order valence-electron chi connectivity index (χ0n) is 8.02. The Balaban J connectivity index is 2.20. The van der Waals surface area contributed by atoms with E-state index in [-0.39, 0.29) is 6.01 Å². The van der Waals surface area contributed by atoms with Crippen molar-refractivity contribution < 1.29 is 4.74 Å². The van der Waals surface area contributed by atoms with Gasteiger partial charge in [0.2, 0.25) is 0 Å². The van der Waals surface area contributed by atoms with E-state index in [9.17, 15) is 0 Å². The van der Waals surface area contributed by atoms with Crippen molar-refractivity contribution in [3.05, 3.63) is 40.6 Å². The van der Waals surface area contributed by atoms with E-state index in [1.165, 1.54) is 12.4 Å². The predicted molar refractivity (Wildman–Crippen MR) is 63.0 cm³/mol. The average molecular weight is 256 g/mol. The number of rotatable bonds is 2. The summed E-state index contributed by atoms with van der Waals surface area (Å²) < 4.78 is 5.35. The summed E-state index contributed by atoms with van der Waals surface area (Å²) in [7, 11) is 0. The molecule has 1 heterocycles. The highest BCUT2D eigenvalue weighted by Gasteiger charge is 2.03. The first-order valence-corrected chi connectivity index (χ1v) is 5.11. The summed E-state index contributed by atoms with van der Waals surface area (Å²) in [6, 6.07) is 5.10. The Hall–Kier alpha value is -1.52. The summed E-state index contributed by atoms with van der Waals surface area (Å²) in [5.41, 5.74) is 5.92. The molecule has 1 aromatic heterocycles. The van der Waals surface area contributed by atoms with Crippen LogP contribution in [0.15, 0.2) is 30.6 Å². The second-order valence-electron chi connectivity index (χ2n) is 2.98. The average Bonchev–Trinajstić information content (AvgIpc) is 2.27. The zero-order chi connectivity index (χ0) is 11.5. The molecule has 16 heavy (non-hydrogen) atoms. The molecule has 0 atom stereocenters. The number of aromatic nitrogens is 2. The van der Waals surface area contributed by atoms with Gasteiger partial charge in [0.05, 0.1) is 28.1 Å². The molecule has 6 heteroatoms. The van der Waals surface area contributed by atoms with Crippen LogP contribution in [0, 0.1) is 0 Å². The third-order valence-corrected chi connectivity index (χ3v) is 2.49. The Bertz CT molecular complexity index is 502. The van der Waals surface area contributed by atoms with Gasteiger partial charge in [-0.1, -0.05) is 23.2 Å². The molecule has 0 fully saturated rings. The Labute approximate surface area is 102 Å². The second-order valence-corrected chi connectivity index (χ2v) is 3.79. The number of nitrogens with two attached hydrogens (primary N) is 1. The number of nitrogen functional groups attached to an aromatic ring is 1. The smallest absolute Gasteiger partial charge is 0.322 e. The molecule has 0 spiro atoms. The molecule has 0 aliphatic rings. The number of hydrogen-bond donors (Lipinski definition) is 1. The normalized spacial score (nSPS) is 10.1. The van der Waals surface area contributed by atoms with Gasteiger partial charge >= 0.3 is 6.01 Å². The predicted octanol–water partition coefficient (Wildman–Crippen LogP) is 3.16. The van der Waals surface area contributed by atoms with Gasteiger partial charge in [-0.3, -0.25) is 0 Å². The van der Waals surface area contributed by atoms with E-state index < -0.39 is 0 Å². The van der Waals surface area contributed by atoms with Crippen molar-refractivity contribution in [3.8, 4) is 11.8 Å². The van der Waals surface area contributed by atoms with Crippen LogP contribution in [0.2, 0.25) is 10.0 Å². The maximum absolute atomic E-state index is 5.83. The van der Waals surface area contributed by atoms with Crippen LogP contribution in [0.5, 0.6) is 11.8 Å². The lowest BCUT2D eigenvalue weighted by Crippen LogP contribution is -1.93. The maximum Gasteiger partial charge on any atom is 0.322 e. The van der Waals surface area contributed by atoms with Crippen molar-refractivity contribution in [2.24, 2.45) is 0 Å². The van der Waals surface area contributed by atoms with Crippen LogP contribution in [0.3, 0.4) is 0 Å². The fourth-order valence-corrected chi connectivity index (χ4v) is 1.31. The van der Waals surface area contributed by atoms with Crippen molar-refractivity contribution in [3.63, 3.8) is 0 Å². The number of hydrogen-bond acceptors (Lipinski definition) is 4. The van der Waals surface area contributed by atoms with Gasteiger partial charge in [-0.15, -0.1) is 0 Å². The van der Waals surface area contributed by atoms with Crippen LogP contribution in [0.25, 0.3) is 0 Å². The Kier molecular flexibility index (Phi) is 3.12. The monoisotopic (exact) mass is 255 g/mol. The van der Waals surface area contributed by atoms with Crippen molar-refractivity contribution in [2.45, 2.75) is 0 Å². The van der Waals surface area contributed by atoms with E-state index in [4.69, 9.17) is 33.7 Å². The summed E-state index contributed by atoms with van der Waals surface area (Å²) in [6.45, 7) is 0. The number of ether oxygens (including phenoxy) is 1. The fraction of sp³-hybridized carbons (Fsp3) is 0.